The molecule has 2 aliphatic heterocycles. The highest BCUT2D eigenvalue weighted by molar-refractivity contribution is 9.13. The number of carbonyl (C=O) groups excluding carboxylic acids is 4. The van der Waals surface area contributed by atoms with Gasteiger partial charge in [0.1, 0.15) is 20.2 Å². The number of nitrogens with one attached hydrogen (secondary N) is 2. The summed E-state index contributed by atoms with van der Waals surface area (Å²) in [7, 11) is 0. The summed E-state index contributed by atoms with van der Waals surface area (Å²) in [5.74, 6) is 0.650. The summed E-state index contributed by atoms with van der Waals surface area (Å²) < 4.78 is 28.8. The third-order valence-corrected chi connectivity index (χ3v) is 12.0. The van der Waals surface area contributed by atoms with Crippen molar-refractivity contribution in [2.75, 3.05) is 36.4 Å². The summed E-state index contributed by atoms with van der Waals surface area (Å²) in [5, 5.41) is 1.98. The number of anilines is 2. The molecule has 54 heavy (non-hydrogen) atoms. The molecule has 0 saturated heterocycles. The van der Waals surface area contributed by atoms with E-state index in [4.69, 9.17) is 18.9 Å². The molecule has 22 heteroatoms. The zero-order valence-corrected chi connectivity index (χ0v) is 35.8. The molecule has 0 fully saturated rings. The molecule has 292 valence electrons. The maximum absolute atomic E-state index is 12.8. The number of aromatic nitrogens is 4. The first-order chi connectivity index (χ1) is 25.8. The van der Waals surface area contributed by atoms with Gasteiger partial charge in [0.2, 0.25) is 0 Å². The highest BCUT2D eigenvalue weighted by Crippen LogP contribution is 2.35. The lowest BCUT2D eigenvalue weighted by atomic mass is 10.3. The quantitative estimate of drug-likeness (QED) is 0.162. The van der Waals surface area contributed by atoms with E-state index in [1.165, 1.54) is 0 Å². The maximum Gasteiger partial charge on any atom is 0.435 e. The van der Waals surface area contributed by atoms with E-state index in [9.17, 15) is 28.8 Å². The monoisotopic (exact) mass is 1010 g/mol. The molecule has 0 atom stereocenters. The number of hydrogen-bond acceptors (Lipinski definition) is 10. The van der Waals surface area contributed by atoms with Crippen LogP contribution in [-0.4, -0.2) is 68.7 Å². The van der Waals surface area contributed by atoms with Crippen LogP contribution in [0.4, 0.5) is 30.8 Å². The van der Waals surface area contributed by atoms with Crippen molar-refractivity contribution in [1.29, 1.82) is 0 Å². The number of hydrogen-bond donors (Lipinski definition) is 2. The van der Waals surface area contributed by atoms with Crippen LogP contribution in [0.1, 0.15) is 51.9 Å². The van der Waals surface area contributed by atoms with Gasteiger partial charge in [-0.15, -0.1) is 0 Å². The summed E-state index contributed by atoms with van der Waals surface area (Å²) in [6, 6.07) is 3.32. The fourth-order valence-electron chi connectivity index (χ4n) is 6.15. The van der Waals surface area contributed by atoms with Gasteiger partial charge in [-0.2, -0.15) is 10.0 Å². The number of fused-ring (bicyclic) bond motifs is 4. The van der Waals surface area contributed by atoms with Crippen LogP contribution >= 0.6 is 63.7 Å². The first-order valence-electron chi connectivity index (χ1n) is 16.9. The molecule has 4 aromatic heterocycles. The molecule has 2 aliphatic rings. The van der Waals surface area contributed by atoms with E-state index in [0.717, 1.165) is 22.9 Å². The Morgan fingerprint density at radius 1 is 0.630 bits per heavy atom. The van der Waals surface area contributed by atoms with Crippen LogP contribution in [0.25, 0.3) is 11.0 Å². The molecule has 4 aromatic rings. The summed E-state index contributed by atoms with van der Waals surface area (Å²) in [5.41, 5.74) is 6.47. The molecule has 0 saturated carbocycles. The molecule has 0 radical (unpaired) electrons. The van der Waals surface area contributed by atoms with Crippen molar-refractivity contribution < 1.29 is 38.1 Å². The fourth-order valence-corrected chi connectivity index (χ4v) is 7.89. The number of hydrazine groups is 2. The number of ether oxygens (including phenoxy) is 4. The molecule has 6 rings (SSSR count). The standard InChI is InChI=1S/2C16H18Br2N4O5/c2*1-3-26-15(24)19-22(16(25)27-4-2)13-10-6-5-7-20(10)14(23)11-8-9(17)12(18)21(11)13/h2*8H,3-7H2,1-2H3,(H,19,24). The molecule has 0 aliphatic carbocycles. The Labute approximate surface area is 341 Å². The van der Waals surface area contributed by atoms with E-state index < -0.39 is 24.4 Å². The second kappa shape index (κ2) is 17.6. The summed E-state index contributed by atoms with van der Waals surface area (Å²) in [6.45, 7) is 8.24. The molecule has 18 nitrogen and oxygen atoms in total. The van der Waals surface area contributed by atoms with Crippen molar-refractivity contribution in [3.8, 4) is 0 Å². The van der Waals surface area contributed by atoms with Crippen molar-refractivity contribution in [2.24, 2.45) is 0 Å². The van der Waals surface area contributed by atoms with Gasteiger partial charge in [0.15, 0.2) is 11.6 Å². The highest BCUT2D eigenvalue weighted by Gasteiger charge is 2.34. The van der Waals surface area contributed by atoms with Crippen LogP contribution in [0, 0.1) is 0 Å². The largest absolute Gasteiger partial charge is 0.449 e. The average molecular weight is 1010 g/mol. The molecule has 2 N–H and O–H groups in total. The third kappa shape index (κ3) is 7.87. The fraction of sp³-hybridized carbons (Fsp3) is 0.438. The van der Waals surface area contributed by atoms with E-state index in [-0.39, 0.29) is 37.5 Å². The van der Waals surface area contributed by atoms with Gasteiger partial charge in [-0.05, 0) is 129 Å². The van der Waals surface area contributed by atoms with Gasteiger partial charge in [0, 0.05) is 13.1 Å². The zero-order valence-electron chi connectivity index (χ0n) is 29.5. The number of amides is 4. The molecule has 0 aromatic carbocycles. The van der Waals surface area contributed by atoms with E-state index in [0.29, 0.717) is 78.1 Å². The minimum Gasteiger partial charge on any atom is -0.449 e. The highest BCUT2D eigenvalue weighted by atomic mass is 79.9. The number of halogens is 4. The van der Waals surface area contributed by atoms with E-state index in [2.05, 4.69) is 74.6 Å². The second-order valence-electron chi connectivity index (χ2n) is 11.4. The summed E-state index contributed by atoms with van der Waals surface area (Å²) >= 11 is 13.7. The Morgan fingerprint density at radius 3 is 1.31 bits per heavy atom. The van der Waals surface area contributed by atoms with Crippen LogP contribution in [0.2, 0.25) is 0 Å². The van der Waals surface area contributed by atoms with Crippen molar-refractivity contribution in [3.05, 3.63) is 62.4 Å². The predicted molar refractivity (Wildman–Crippen MR) is 210 cm³/mol. The van der Waals surface area contributed by atoms with Crippen LogP contribution in [0.5, 0.6) is 0 Å². The zero-order chi connectivity index (χ0) is 39.4. The van der Waals surface area contributed by atoms with Crippen LogP contribution < -0.4 is 32.0 Å². The Balaban J connectivity index is 0.000000208. The molecule has 4 amide bonds. The predicted octanol–water partition coefficient (Wildman–Crippen LogP) is 6.39. The van der Waals surface area contributed by atoms with Crippen molar-refractivity contribution in [1.82, 2.24) is 28.8 Å². The van der Waals surface area contributed by atoms with Crippen LogP contribution in [-0.2, 0) is 44.9 Å². The Kier molecular flexibility index (Phi) is 13.4. The Morgan fingerprint density at radius 2 is 0.981 bits per heavy atom. The molecular formula is C32H36Br4N8O10. The lowest BCUT2D eigenvalue weighted by Gasteiger charge is -2.25. The van der Waals surface area contributed by atoms with E-state index in [1.54, 1.807) is 57.8 Å². The van der Waals surface area contributed by atoms with E-state index in [1.807, 2.05) is 0 Å². The molecule has 0 spiro atoms. The second-order valence-corrected chi connectivity index (χ2v) is 14.6. The van der Waals surface area contributed by atoms with Gasteiger partial charge >= 0.3 is 24.4 Å². The molecule has 6 heterocycles. The topological polar surface area (TPSA) is 189 Å². The minimum absolute atomic E-state index is 0.120. The van der Waals surface area contributed by atoms with Gasteiger partial charge in [-0.1, -0.05) is 0 Å². The molecule has 0 unspecified atom stereocenters. The SMILES string of the molecule is CCOC(=O)NN(C(=O)OCC)c1c2n(c(=O)c3cc(Br)c(Br)n13)CCC2.CCOC(=O)NN(C(=O)OCC)c1c2n(c(=O)c3cc(Br)c(Br)n13)CCC2. The van der Waals surface area contributed by atoms with Gasteiger partial charge in [-0.3, -0.25) is 18.4 Å². The molecular weight excluding hydrogens is 976 g/mol. The number of carbonyl (C=O) groups is 4. The van der Waals surface area contributed by atoms with Gasteiger partial charge in [-0.25, -0.2) is 30.0 Å². The molecule has 0 bridgehead atoms. The van der Waals surface area contributed by atoms with Crippen molar-refractivity contribution in [2.45, 2.75) is 66.5 Å². The first-order valence-corrected chi connectivity index (χ1v) is 20.0. The van der Waals surface area contributed by atoms with Crippen molar-refractivity contribution in [3.63, 3.8) is 0 Å². The average Bonchev–Trinajstić information content (AvgIpc) is 3.93. The van der Waals surface area contributed by atoms with Gasteiger partial charge in [0.25, 0.3) is 11.1 Å². The van der Waals surface area contributed by atoms with Crippen LogP contribution in [0.15, 0.2) is 39.9 Å². The first kappa shape index (κ1) is 41.1. The minimum atomic E-state index is -0.802. The van der Waals surface area contributed by atoms with Gasteiger partial charge in [0.05, 0.1) is 46.8 Å². The number of nitrogens with zero attached hydrogens (tertiary/aromatic N) is 6. The van der Waals surface area contributed by atoms with E-state index >= 15 is 0 Å². The van der Waals surface area contributed by atoms with Crippen molar-refractivity contribution >= 4 is 111 Å². The lowest BCUT2D eigenvalue weighted by Crippen LogP contribution is -2.49. The third-order valence-electron chi connectivity index (χ3n) is 8.19. The Bertz CT molecular complexity index is 2090. The summed E-state index contributed by atoms with van der Waals surface area (Å²) in [4.78, 5) is 75.0. The van der Waals surface area contributed by atoms with Gasteiger partial charge < -0.3 is 28.1 Å². The smallest absolute Gasteiger partial charge is 0.435 e. The lowest BCUT2D eigenvalue weighted by molar-refractivity contribution is 0.138. The van der Waals surface area contributed by atoms with Crippen LogP contribution in [0.3, 0.4) is 0 Å². The maximum atomic E-state index is 12.8. The number of rotatable bonds is 6. The summed E-state index contributed by atoms with van der Waals surface area (Å²) in [6.07, 6.45) is -0.511. The normalized spacial score (nSPS) is 12.7. The Hall–Kier alpha value is -4.02.